The van der Waals surface area contributed by atoms with Crippen LogP contribution in [-0.4, -0.2) is 18.4 Å². The van der Waals surface area contributed by atoms with Gasteiger partial charge in [-0.05, 0) is 47.7 Å². The van der Waals surface area contributed by atoms with Crippen molar-refractivity contribution in [3.63, 3.8) is 0 Å². The SMILES string of the molecule is O=C1c2ccccc2C(=O)c2c1ccc1c2[C@@H]2C=CC[C@@H]2[C@H](c2ccc3c(c2)OCO3)N1. The number of ketones is 2. The highest BCUT2D eigenvalue weighted by molar-refractivity contribution is 6.29. The number of allylic oxidation sites excluding steroid dienone is 2. The molecule has 3 aromatic carbocycles. The summed E-state index contributed by atoms with van der Waals surface area (Å²) in [5.41, 5.74) is 5.05. The Morgan fingerprint density at radius 1 is 0.844 bits per heavy atom. The molecule has 7 rings (SSSR count). The minimum Gasteiger partial charge on any atom is -0.454 e. The Morgan fingerprint density at radius 2 is 1.66 bits per heavy atom. The van der Waals surface area contributed by atoms with Crippen molar-refractivity contribution in [3.05, 3.63) is 100 Å². The second-order valence-electron chi connectivity index (χ2n) is 8.74. The van der Waals surface area contributed by atoms with Crippen molar-refractivity contribution < 1.29 is 19.1 Å². The highest BCUT2D eigenvalue weighted by Gasteiger charge is 2.43. The first-order valence-corrected chi connectivity index (χ1v) is 10.9. The summed E-state index contributed by atoms with van der Waals surface area (Å²) in [5.74, 6) is 1.71. The van der Waals surface area contributed by atoms with Gasteiger partial charge in [0.2, 0.25) is 6.79 Å². The Labute approximate surface area is 184 Å². The fourth-order valence-corrected chi connectivity index (χ4v) is 5.72. The lowest BCUT2D eigenvalue weighted by molar-refractivity contribution is 0.0978. The van der Waals surface area contributed by atoms with Gasteiger partial charge < -0.3 is 14.8 Å². The molecule has 5 heteroatoms. The molecule has 0 saturated heterocycles. The summed E-state index contributed by atoms with van der Waals surface area (Å²) < 4.78 is 11.1. The number of ether oxygens (including phenoxy) is 2. The van der Waals surface area contributed by atoms with Crippen molar-refractivity contribution in [1.29, 1.82) is 0 Å². The number of carbonyl (C=O) groups excluding carboxylic acids is 2. The molecule has 0 saturated carbocycles. The number of carbonyl (C=O) groups is 2. The molecule has 0 amide bonds. The first-order chi connectivity index (χ1) is 15.7. The Morgan fingerprint density at radius 3 is 2.53 bits per heavy atom. The summed E-state index contributed by atoms with van der Waals surface area (Å²) in [7, 11) is 0. The number of nitrogens with one attached hydrogen (secondary N) is 1. The van der Waals surface area contributed by atoms with Crippen molar-refractivity contribution in [2.45, 2.75) is 18.4 Å². The fraction of sp³-hybridized carbons (Fsp3) is 0.185. The number of rotatable bonds is 1. The van der Waals surface area contributed by atoms with Gasteiger partial charge in [-0.15, -0.1) is 0 Å². The van der Waals surface area contributed by atoms with Crippen molar-refractivity contribution in [3.8, 4) is 11.5 Å². The van der Waals surface area contributed by atoms with E-state index in [-0.39, 0.29) is 36.2 Å². The van der Waals surface area contributed by atoms with Crippen LogP contribution < -0.4 is 14.8 Å². The lowest BCUT2D eigenvalue weighted by Crippen LogP contribution is -2.32. The third kappa shape index (κ3) is 2.28. The topological polar surface area (TPSA) is 64.6 Å². The average molecular weight is 421 g/mol. The van der Waals surface area contributed by atoms with E-state index in [0.717, 1.165) is 34.7 Å². The van der Waals surface area contributed by atoms with Crippen LogP contribution in [0.1, 0.15) is 61.4 Å². The summed E-state index contributed by atoms with van der Waals surface area (Å²) in [5, 5.41) is 3.69. The molecule has 2 aliphatic heterocycles. The maximum atomic E-state index is 13.6. The van der Waals surface area contributed by atoms with E-state index in [1.54, 1.807) is 24.3 Å². The van der Waals surface area contributed by atoms with E-state index >= 15 is 0 Å². The first-order valence-electron chi connectivity index (χ1n) is 10.9. The lowest BCUT2D eigenvalue weighted by Gasteiger charge is -2.39. The molecule has 0 radical (unpaired) electrons. The third-order valence-corrected chi connectivity index (χ3v) is 7.17. The van der Waals surface area contributed by atoms with E-state index in [0.29, 0.717) is 22.3 Å². The molecule has 0 fully saturated rings. The molecule has 3 atom stereocenters. The molecule has 0 unspecified atom stereocenters. The molecule has 1 N–H and O–H groups in total. The minimum atomic E-state index is -0.0746. The number of benzene rings is 3. The van der Waals surface area contributed by atoms with Gasteiger partial charge in [0.05, 0.1) is 6.04 Å². The van der Waals surface area contributed by atoms with Crippen LogP contribution >= 0.6 is 0 Å². The predicted molar refractivity (Wildman–Crippen MR) is 119 cm³/mol. The average Bonchev–Trinajstić information content (AvgIpc) is 3.50. The maximum Gasteiger partial charge on any atom is 0.231 e. The molecule has 5 nitrogen and oxygen atoms in total. The van der Waals surface area contributed by atoms with E-state index in [2.05, 4.69) is 23.5 Å². The molecular weight excluding hydrogens is 402 g/mol. The normalized spacial score (nSPS) is 23.8. The number of hydrogen-bond acceptors (Lipinski definition) is 5. The Bertz CT molecular complexity index is 1370. The van der Waals surface area contributed by atoms with Gasteiger partial charge in [0.25, 0.3) is 0 Å². The zero-order valence-corrected chi connectivity index (χ0v) is 17.1. The number of anilines is 1. The quantitative estimate of drug-likeness (QED) is 0.438. The summed E-state index contributed by atoms with van der Waals surface area (Å²) in [6.45, 7) is 0.247. The largest absolute Gasteiger partial charge is 0.454 e. The molecule has 0 spiro atoms. The van der Waals surface area contributed by atoms with Gasteiger partial charge in [-0.3, -0.25) is 9.59 Å². The highest BCUT2D eigenvalue weighted by Crippen LogP contribution is 2.53. The summed E-state index contributed by atoms with van der Waals surface area (Å²) in [6.07, 6.45) is 5.29. The van der Waals surface area contributed by atoms with Crippen molar-refractivity contribution >= 4 is 17.3 Å². The predicted octanol–water partition coefficient (Wildman–Crippen LogP) is 5.02. The van der Waals surface area contributed by atoms with Crippen LogP contribution in [0.5, 0.6) is 11.5 Å². The summed E-state index contributed by atoms with van der Waals surface area (Å²) in [6, 6.07) is 17.0. The molecule has 0 aromatic heterocycles. The van der Waals surface area contributed by atoms with Crippen molar-refractivity contribution in [2.24, 2.45) is 5.92 Å². The van der Waals surface area contributed by atoms with E-state index in [9.17, 15) is 9.59 Å². The second kappa shape index (κ2) is 6.33. The molecule has 0 bridgehead atoms. The summed E-state index contributed by atoms with van der Waals surface area (Å²) in [4.78, 5) is 26.8. The molecule has 3 aromatic rings. The zero-order valence-electron chi connectivity index (χ0n) is 17.1. The molecule has 2 heterocycles. The first kappa shape index (κ1) is 17.8. The van der Waals surface area contributed by atoms with Crippen molar-refractivity contribution in [2.75, 3.05) is 12.1 Å². The van der Waals surface area contributed by atoms with Crippen LogP contribution in [0, 0.1) is 5.92 Å². The molecule has 156 valence electrons. The highest BCUT2D eigenvalue weighted by atomic mass is 16.7. The van der Waals surface area contributed by atoms with Crippen LogP contribution in [0.4, 0.5) is 5.69 Å². The van der Waals surface area contributed by atoms with E-state index in [1.807, 2.05) is 24.3 Å². The standard InChI is InChI=1S/C27H19NO4/c29-26-17-4-1-2-5-18(17)27(30)24-19(26)9-10-20-23(24)15-6-3-7-16(15)25(28-20)14-8-11-21-22(12-14)32-13-31-21/h1-6,8-12,15-16,25,28H,7,13H2/t15-,16+,25+/m1/s1. The second-order valence-corrected chi connectivity index (χ2v) is 8.74. The Balaban J connectivity index is 1.38. The Hall–Kier alpha value is -3.86. The van der Waals surface area contributed by atoms with Gasteiger partial charge >= 0.3 is 0 Å². The maximum absolute atomic E-state index is 13.6. The Kier molecular flexibility index (Phi) is 3.52. The smallest absolute Gasteiger partial charge is 0.231 e. The third-order valence-electron chi connectivity index (χ3n) is 7.17. The van der Waals surface area contributed by atoms with Gasteiger partial charge in [0.15, 0.2) is 23.1 Å². The van der Waals surface area contributed by atoms with Crippen LogP contribution in [0.3, 0.4) is 0 Å². The van der Waals surface area contributed by atoms with Gasteiger partial charge in [0.1, 0.15) is 0 Å². The molecule has 2 aliphatic carbocycles. The molecule has 4 aliphatic rings. The van der Waals surface area contributed by atoms with E-state index in [4.69, 9.17) is 9.47 Å². The lowest BCUT2D eigenvalue weighted by atomic mass is 9.71. The number of hydrogen-bond donors (Lipinski definition) is 1. The summed E-state index contributed by atoms with van der Waals surface area (Å²) >= 11 is 0. The van der Waals surface area contributed by atoms with Gasteiger partial charge in [-0.25, -0.2) is 0 Å². The van der Waals surface area contributed by atoms with E-state index < -0.39 is 0 Å². The fourth-order valence-electron chi connectivity index (χ4n) is 5.72. The van der Waals surface area contributed by atoms with Crippen LogP contribution in [-0.2, 0) is 0 Å². The number of fused-ring (bicyclic) bond motifs is 7. The molecular formula is C27H19NO4. The monoisotopic (exact) mass is 421 g/mol. The van der Waals surface area contributed by atoms with Crippen LogP contribution in [0.2, 0.25) is 0 Å². The van der Waals surface area contributed by atoms with Crippen LogP contribution in [0.25, 0.3) is 0 Å². The van der Waals surface area contributed by atoms with Gasteiger partial charge in [-0.1, -0.05) is 42.5 Å². The van der Waals surface area contributed by atoms with Crippen molar-refractivity contribution in [1.82, 2.24) is 0 Å². The molecule has 32 heavy (non-hydrogen) atoms. The van der Waals surface area contributed by atoms with E-state index in [1.165, 1.54) is 0 Å². The zero-order chi connectivity index (χ0) is 21.4. The minimum absolute atomic E-state index is 0.0607. The van der Waals surface area contributed by atoms with Gasteiger partial charge in [-0.2, -0.15) is 0 Å². The van der Waals surface area contributed by atoms with Crippen LogP contribution in [0.15, 0.2) is 66.7 Å². The van der Waals surface area contributed by atoms with Gasteiger partial charge in [0, 0.05) is 33.9 Å².